The van der Waals surface area contributed by atoms with Crippen LogP contribution in [0.5, 0.6) is 23.0 Å². The number of aliphatic hydroxyl groups is 1. The Morgan fingerprint density at radius 3 is 2.26 bits per heavy atom. The molecule has 3 aromatic rings. The second-order valence-corrected chi connectivity index (χ2v) is 11.0. The third-order valence-corrected chi connectivity index (χ3v) is 8.03. The molecule has 1 atom stereocenters. The molecule has 0 aromatic heterocycles. The number of nitrogens with one attached hydrogen (secondary N) is 1. The number of aryl methyl sites for hydroxylation is 1. The van der Waals surface area contributed by atoms with Gasteiger partial charge in [0.2, 0.25) is 0 Å². The number of hydrogen-bond acceptors (Lipinski definition) is 6. The Hall–Kier alpha value is -4.46. The quantitative estimate of drug-likeness (QED) is 0.194. The van der Waals surface area contributed by atoms with E-state index in [1.807, 2.05) is 0 Å². The second kappa shape index (κ2) is 12.0. The first-order valence-electron chi connectivity index (χ1n) is 14.4. The Morgan fingerprint density at radius 2 is 1.61 bits per heavy atom. The van der Waals surface area contributed by atoms with Gasteiger partial charge in [0.25, 0.3) is 11.5 Å². The summed E-state index contributed by atoms with van der Waals surface area (Å²) in [6, 6.07) is 12.7. The molecule has 46 heavy (non-hydrogen) atoms. The van der Waals surface area contributed by atoms with Gasteiger partial charge in [-0.3, -0.25) is 9.69 Å². The first-order valence-corrected chi connectivity index (χ1v) is 14.4. The molecule has 2 aliphatic heterocycles. The van der Waals surface area contributed by atoms with Crippen LogP contribution in [0.2, 0.25) is 0 Å². The number of carbonyl (C=O) groups is 2. The Kier molecular flexibility index (Phi) is 8.62. The summed E-state index contributed by atoms with van der Waals surface area (Å²) >= 11 is 0. The Labute approximate surface area is 259 Å². The Balaban J connectivity index is 1.39. The maximum atomic E-state index is 13.7. The number of halogens is 6. The van der Waals surface area contributed by atoms with Gasteiger partial charge in [-0.15, -0.1) is 0 Å². The topological polar surface area (TPSA) is 97.3 Å². The van der Waals surface area contributed by atoms with E-state index in [0.29, 0.717) is 54.4 Å². The number of fused-ring (bicyclic) bond motifs is 1. The highest BCUT2D eigenvalue weighted by Gasteiger charge is 2.71. The van der Waals surface area contributed by atoms with E-state index in [1.54, 1.807) is 44.2 Å². The summed E-state index contributed by atoms with van der Waals surface area (Å²) in [5, 5.41) is 12.7. The van der Waals surface area contributed by atoms with Crippen LogP contribution in [0.25, 0.3) is 0 Å². The molecule has 0 radical (unpaired) electrons. The molecule has 5 rings (SSSR count). The number of ether oxygens (including phenoxy) is 3. The standard InChI is InChI=1S/C32H30F6N2O6/c1-3-6-20-16-22(30(43,31(33,34)35)32(36,37)38)10-11-24(20)46-23-8-5-7-19(15-23)18-40-27(41)29(4-2,39-28(40)42)21-9-12-25-26(17-21)45-14-13-44-25/h5,7-12,15-17,43H,3-4,6,13-14,18H2,1-2H3,(H,39,42). The zero-order chi connectivity index (χ0) is 33.5. The van der Waals surface area contributed by atoms with E-state index in [4.69, 9.17) is 14.2 Å². The van der Waals surface area contributed by atoms with Crippen LogP contribution in [0.3, 0.4) is 0 Å². The zero-order valence-corrected chi connectivity index (χ0v) is 24.7. The Bertz CT molecular complexity index is 1630. The lowest BCUT2D eigenvalue weighted by molar-refractivity contribution is -0.376. The maximum absolute atomic E-state index is 13.7. The third kappa shape index (κ3) is 5.70. The summed E-state index contributed by atoms with van der Waals surface area (Å²) in [7, 11) is 0. The molecule has 1 fully saturated rings. The molecule has 2 heterocycles. The minimum Gasteiger partial charge on any atom is -0.486 e. The summed E-state index contributed by atoms with van der Waals surface area (Å²) in [4.78, 5) is 27.9. The van der Waals surface area contributed by atoms with Gasteiger partial charge < -0.3 is 24.6 Å². The van der Waals surface area contributed by atoms with Crippen molar-refractivity contribution in [2.75, 3.05) is 13.2 Å². The summed E-state index contributed by atoms with van der Waals surface area (Å²) in [5.41, 5.74) is -6.81. The number of alkyl halides is 6. The number of rotatable bonds is 9. The fraction of sp³-hybridized carbons (Fsp3) is 0.375. The van der Waals surface area contributed by atoms with E-state index >= 15 is 0 Å². The molecule has 0 bridgehead atoms. The number of amides is 3. The molecular formula is C32H30F6N2O6. The first kappa shape index (κ1) is 32.9. The first-order chi connectivity index (χ1) is 21.6. The lowest BCUT2D eigenvalue weighted by atomic mass is 9.86. The van der Waals surface area contributed by atoms with Crippen LogP contribution < -0.4 is 19.5 Å². The van der Waals surface area contributed by atoms with Crippen LogP contribution >= 0.6 is 0 Å². The minimum atomic E-state index is -6.03. The second-order valence-electron chi connectivity index (χ2n) is 11.0. The van der Waals surface area contributed by atoms with Crippen molar-refractivity contribution in [2.24, 2.45) is 0 Å². The summed E-state index contributed by atoms with van der Waals surface area (Å²) < 4.78 is 98.0. The van der Waals surface area contributed by atoms with Crippen molar-refractivity contribution in [1.82, 2.24) is 10.2 Å². The van der Waals surface area contributed by atoms with E-state index < -0.39 is 41.0 Å². The monoisotopic (exact) mass is 652 g/mol. The molecule has 3 amide bonds. The average Bonchev–Trinajstić information content (AvgIpc) is 3.25. The predicted molar refractivity (Wildman–Crippen MR) is 151 cm³/mol. The van der Waals surface area contributed by atoms with Crippen LogP contribution in [-0.2, 0) is 28.9 Å². The molecule has 0 aliphatic carbocycles. The summed E-state index contributed by atoms with van der Waals surface area (Å²) in [6.07, 6.45) is -11.4. The van der Waals surface area contributed by atoms with E-state index in [1.165, 1.54) is 12.1 Å². The molecule has 246 valence electrons. The molecule has 14 heteroatoms. The lowest BCUT2D eigenvalue weighted by Gasteiger charge is -2.33. The lowest BCUT2D eigenvalue weighted by Crippen LogP contribution is -2.53. The highest BCUT2D eigenvalue weighted by molar-refractivity contribution is 6.07. The maximum Gasteiger partial charge on any atom is 0.430 e. The molecule has 2 aliphatic rings. The molecule has 1 saturated heterocycles. The molecular weight excluding hydrogens is 622 g/mol. The number of carbonyl (C=O) groups excluding carboxylic acids is 2. The zero-order valence-electron chi connectivity index (χ0n) is 24.7. The Morgan fingerprint density at radius 1 is 0.913 bits per heavy atom. The van der Waals surface area contributed by atoms with Gasteiger partial charge in [0, 0.05) is 5.56 Å². The number of benzene rings is 3. The molecule has 8 nitrogen and oxygen atoms in total. The van der Waals surface area contributed by atoms with Crippen LogP contribution in [-0.4, -0.2) is 47.5 Å². The van der Waals surface area contributed by atoms with E-state index in [9.17, 15) is 41.0 Å². The fourth-order valence-electron chi connectivity index (χ4n) is 5.59. The SMILES string of the molecule is CCCc1cc(C(O)(C(F)(F)F)C(F)(F)F)ccc1Oc1cccc(CN2C(=O)NC(CC)(c3ccc4c(c3)OCCO4)C2=O)c1. The fourth-order valence-corrected chi connectivity index (χ4v) is 5.59. The van der Waals surface area contributed by atoms with Gasteiger partial charge in [-0.2, -0.15) is 26.3 Å². The smallest absolute Gasteiger partial charge is 0.430 e. The minimum absolute atomic E-state index is 0.0126. The summed E-state index contributed by atoms with van der Waals surface area (Å²) in [6.45, 7) is 4.02. The molecule has 3 aromatic carbocycles. The van der Waals surface area contributed by atoms with E-state index in [2.05, 4.69) is 5.32 Å². The van der Waals surface area contributed by atoms with Crippen LogP contribution in [0.15, 0.2) is 60.7 Å². The number of urea groups is 1. The normalized spacial score (nSPS) is 18.5. The van der Waals surface area contributed by atoms with E-state index in [0.717, 1.165) is 11.0 Å². The summed E-state index contributed by atoms with van der Waals surface area (Å²) in [5.74, 6) is 0.627. The highest BCUT2D eigenvalue weighted by atomic mass is 19.4. The third-order valence-electron chi connectivity index (χ3n) is 8.03. The average molecular weight is 653 g/mol. The molecule has 2 N–H and O–H groups in total. The van der Waals surface area contributed by atoms with Gasteiger partial charge in [0.15, 0.2) is 11.5 Å². The van der Waals surface area contributed by atoms with Gasteiger partial charge >= 0.3 is 18.4 Å². The van der Waals surface area contributed by atoms with Crippen molar-refractivity contribution >= 4 is 11.9 Å². The predicted octanol–water partition coefficient (Wildman–Crippen LogP) is 6.87. The van der Waals surface area contributed by atoms with Gasteiger partial charge in [0.05, 0.1) is 6.54 Å². The van der Waals surface area contributed by atoms with E-state index in [-0.39, 0.29) is 36.4 Å². The van der Waals surface area contributed by atoms with Crippen molar-refractivity contribution in [2.45, 2.75) is 63.1 Å². The van der Waals surface area contributed by atoms with Crippen molar-refractivity contribution in [3.63, 3.8) is 0 Å². The van der Waals surface area contributed by atoms with Crippen LogP contribution in [0.4, 0.5) is 31.1 Å². The molecule has 0 saturated carbocycles. The number of hydrogen-bond donors (Lipinski definition) is 2. The van der Waals surface area contributed by atoms with Crippen molar-refractivity contribution in [3.8, 4) is 23.0 Å². The van der Waals surface area contributed by atoms with Crippen LogP contribution in [0, 0.1) is 0 Å². The van der Waals surface area contributed by atoms with Crippen molar-refractivity contribution in [3.05, 3.63) is 82.9 Å². The van der Waals surface area contributed by atoms with Gasteiger partial charge in [0.1, 0.15) is 30.3 Å². The van der Waals surface area contributed by atoms with Crippen molar-refractivity contribution < 1.29 is 55.2 Å². The van der Waals surface area contributed by atoms with Gasteiger partial charge in [-0.05, 0) is 65.9 Å². The van der Waals surface area contributed by atoms with Crippen LogP contribution in [0.1, 0.15) is 48.9 Å². The molecule has 1 unspecified atom stereocenters. The van der Waals surface area contributed by atoms with Crippen molar-refractivity contribution in [1.29, 1.82) is 0 Å². The molecule has 0 spiro atoms. The van der Waals surface area contributed by atoms with Gasteiger partial charge in [-0.25, -0.2) is 4.79 Å². The highest BCUT2D eigenvalue weighted by Crippen LogP contribution is 2.51. The van der Waals surface area contributed by atoms with Gasteiger partial charge in [-0.1, -0.05) is 44.5 Å². The number of nitrogens with zero attached hydrogens (tertiary/aromatic N) is 1. The number of imide groups is 1. The largest absolute Gasteiger partial charge is 0.486 e.